The highest BCUT2D eigenvalue weighted by atomic mass is 127. The van der Waals surface area contributed by atoms with Gasteiger partial charge in [-0.05, 0) is 18.8 Å². The molecular weight excluding hydrogens is 369 g/mol. The van der Waals surface area contributed by atoms with Crippen molar-refractivity contribution in [2.45, 2.75) is 26.3 Å². The van der Waals surface area contributed by atoms with Crippen LogP contribution in [-0.2, 0) is 6.54 Å². The van der Waals surface area contributed by atoms with E-state index in [-0.39, 0.29) is 24.0 Å². The first kappa shape index (κ1) is 16.9. The zero-order chi connectivity index (χ0) is 13.7. The van der Waals surface area contributed by atoms with E-state index in [2.05, 4.69) is 26.8 Å². The summed E-state index contributed by atoms with van der Waals surface area (Å²) in [6.07, 6.45) is 4.10. The Morgan fingerprint density at radius 2 is 2.40 bits per heavy atom. The number of hydrogen-bond donors (Lipinski definition) is 1. The Bertz CT molecular complexity index is 454. The molecule has 1 aromatic rings. The molecule has 112 valence electrons. The van der Waals surface area contributed by atoms with Crippen LogP contribution < -0.4 is 10.5 Å². The van der Waals surface area contributed by atoms with Gasteiger partial charge in [0, 0.05) is 25.4 Å². The van der Waals surface area contributed by atoms with Crippen molar-refractivity contribution in [1.29, 1.82) is 0 Å². The van der Waals surface area contributed by atoms with Crippen LogP contribution in [0.2, 0.25) is 0 Å². The van der Waals surface area contributed by atoms with Gasteiger partial charge < -0.3 is 15.4 Å². The number of likely N-dealkylation sites (tertiary alicyclic amines) is 1. The number of halogens is 1. The van der Waals surface area contributed by atoms with Gasteiger partial charge in [-0.3, -0.25) is 0 Å². The molecule has 0 amide bonds. The first-order valence-corrected chi connectivity index (χ1v) is 6.60. The summed E-state index contributed by atoms with van der Waals surface area (Å²) in [6, 6.07) is 1.71. The third-order valence-corrected chi connectivity index (χ3v) is 3.25. The Morgan fingerprint density at radius 1 is 1.60 bits per heavy atom. The third kappa shape index (κ3) is 4.77. The van der Waals surface area contributed by atoms with Crippen LogP contribution >= 0.6 is 24.0 Å². The Morgan fingerprint density at radius 3 is 3.10 bits per heavy atom. The molecule has 1 saturated heterocycles. The molecule has 0 aliphatic carbocycles. The summed E-state index contributed by atoms with van der Waals surface area (Å²) in [5, 5.41) is 0. The molecule has 2 N–H and O–H groups in total. The summed E-state index contributed by atoms with van der Waals surface area (Å²) in [7, 11) is 1.58. The number of aliphatic imine (C=N–C) groups is 1. The molecule has 0 spiro atoms. The summed E-state index contributed by atoms with van der Waals surface area (Å²) in [6.45, 7) is 4.59. The van der Waals surface area contributed by atoms with Crippen LogP contribution in [0.5, 0.6) is 5.88 Å². The van der Waals surface area contributed by atoms with E-state index in [4.69, 9.17) is 10.5 Å². The molecule has 2 rings (SSSR count). The van der Waals surface area contributed by atoms with Crippen molar-refractivity contribution in [2.24, 2.45) is 16.6 Å². The fourth-order valence-corrected chi connectivity index (χ4v) is 2.22. The van der Waals surface area contributed by atoms with Crippen LogP contribution in [0.15, 0.2) is 17.3 Å². The standard InChI is InChI=1S/C13H21N5O.HI/c1-10-4-3-7-18(9-10)13(14)16-8-11-15-6-5-12(17-11)19-2;/h5-6,10H,3-4,7-9H2,1-2H3,(H2,14,16);1H. The quantitative estimate of drug-likeness (QED) is 0.482. The minimum Gasteiger partial charge on any atom is -0.481 e. The number of nitrogens with zero attached hydrogens (tertiary/aromatic N) is 4. The second kappa shape index (κ2) is 8.23. The van der Waals surface area contributed by atoms with Crippen LogP contribution in [0.1, 0.15) is 25.6 Å². The second-order valence-electron chi connectivity index (χ2n) is 4.88. The molecule has 0 radical (unpaired) electrons. The van der Waals surface area contributed by atoms with Gasteiger partial charge in [-0.2, -0.15) is 4.98 Å². The van der Waals surface area contributed by atoms with Gasteiger partial charge >= 0.3 is 0 Å². The van der Waals surface area contributed by atoms with Crippen molar-refractivity contribution < 1.29 is 4.74 Å². The van der Waals surface area contributed by atoms with Gasteiger partial charge in [-0.25, -0.2) is 9.98 Å². The lowest BCUT2D eigenvalue weighted by Gasteiger charge is -2.31. The van der Waals surface area contributed by atoms with Gasteiger partial charge in [0.2, 0.25) is 5.88 Å². The summed E-state index contributed by atoms with van der Waals surface area (Å²) in [5.74, 6) is 2.42. The van der Waals surface area contributed by atoms with E-state index in [9.17, 15) is 0 Å². The number of aromatic nitrogens is 2. The normalized spacial score (nSPS) is 19.4. The molecule has 0 saturated carbocycles. The average Bonchev–Trinajstić information content (AvgIpc) is 2.45. The highest BCUT2D eigenvalue weighted by Crippen LogP contribution is 2.15. The van der Waals surface area contributed by atoms with E-state index in [0.29, 0.717) is 30.1 Å². The fraction of sp³-hybridized carbons (Fsp3) is 0.615. The molecule has 1 unspecified atom stereocenters. The number of ether oxygens (including phenoxy) is 1. The molecule has 1 fully saturated rings. The molecule has 0 bridgehead atoms. The van der Waals surface area contributed by atoms with Gasteiger partial charge in [0.15, 0.2) is 11.8 Å². The van der Waals surface area contributed by atoms with Crippen LogP contribution in [0.4, 0.5) is 0 Å². The van der Waals surface area contributed by atoms with E-state index < -0.39 is 0 Å². The molecule has 1 aliphatic heterocycles. The Balaban J connectivity index is 0.00000200. The highest BCUT2D eigenvalue weighted by Gasteiger charge is 2.17. The molecule has 7 heteroatoms. The lowest BCUT2D eigenvalue weighted by molar-refractivity contribution is 0.270. The lowest BCUT2D eigenvalue weighted by atomic mass is 10.0. The minimum absolute atomic E-state index is 0. The van der Waals surface area contributed by atoms with Crippen molar-refractivity contribution in [3.63, 3.8) is 0 Å². The molecule has 1 aromatic heterocycles. The van der Waals surface area contributed by atoms with Crippen molar-refractivity contribution in [2.75, 3.05) is 20.2 Å². The number of hydrogen-bond acceptors (Lipinski definition) is 4. The summed E-state index contributed by atoms with van der Waals surface area (Å²) >= 11 is 0. The summed E-state index contributed by atoms with van der Waals surface area (Å²) in [5.41, 5.74) is 6.02. The van der Waals surface area contributed by atoms with Gasteiger partial charge in [0.25, 0.3) is 0 Å². The molecule has 1 aliphatic rings. The SMILES string of the molecule is COc1ccnc(CN=C(N)N2CCCC(C)C2)n1.I. The Hall–Kier alpha value is -1.12. The van der Waals surface area contributed by atoms with E-state index >= 15 is 0 Å². The van der Waals surface area contributed by atoms with Crippen LogP contribution in [0.25, 0.3) is 0 Å². The maximum Gasteiger partial charge on any atom is 0.216 e. The van der Waals surface area contributed by atoms with E-state index in [1.807, 2.05) is 0 Å². The number of piperidine rings is 1. The molecular formula is C13H22IN5O. The van der Waals surface area contributed by atoms with Crippen LogP contribution in [-0.4, -0.2) is 41.0 Å². The zero-order valence-electron chi connectivity index (χ0n) is 12.0. The van der Waals surface area contributed by atoms with Gasteiger partial charge in [-0.1, -0.05) is 6.92 Å². The Kier molecular flexibility index (Phi) is 6.97. The summed E-state index contributed by atoms with van der Waals surface area (Å²) in [4.78, 5) is 14.9. The second-order valence-corrected chi connectivity index (χ2v) is 4.88. The van der Waals surface area contributed by atoms with Crippen LogP contribution in [0, 0.1) is 5.92 Å². The average molecular weight is 391 g/mol. The molecule has 1 atom stereocenters. The van der Waals surface area contributed by atoms with Crippen molar-refractivity contribution in [3.8, 4) is 5.88 Å². The fourth-order valence-electron chi connectivity index (χ4n) is 2.22. The molecule has 6 nitrogen and oxygen atoms in total. The highest BCUT2D eigenvalue weighted by molar-refractivity contribution is 14.0. The van der Waals surface area contributed by atoms with Crippen molar-refractivity contribution in [3.05, 3.63) is 18.1 Å². The summed E-state index contributed by atoms with van der Waals surface area (Å²) < 4.78 is 5.05. The smallest absolute Gasteiger partial charge is 0.216 e. The zero-order valence-corrected chi connectivity index (χ0v) is 14.3. The van der Waals surface area contributed by atoms with Gasteiger partial charge in [0.05, 0.1) is 7.11 Å². The van der Waals surface area contributed by atoms with Gasteiger partial charge in [-0.15, -0.1) is 24.0 Å². The first-order chi connectivity index (χ1) is 9.19. The number of methoxy groups -OCH3 is 1. The largest absolute Gasteiger partial charge is 0.481 e. The van der Waals surface area contributed by atoms with E-state index in [1.165, 1.54) is 12.8 Å². The topological polar surface area (TPSA) is 76.6 Å². The predicted molar refractivity (Wildman–Crippen MR) is 89.3 cm³/mol. The maximum absolute atomic E-state index is 6.02. The van der Waals surface area contributed by atoms with Crippen LogP contribution in [0.3, 0.4) is 0 Å². The minimum atomic E-state index is 0. The Labute approximate surface area is 136 Å². The van der Waals surface area contributed by atoms with Crippen molar-refractivity contribution in [1.82, 2.24) is 14.9 Å². The number of guanidine groups is 1. The first-order valence-electron chi connectivity index (χ1n) is 6.60. The molecule has 0 aromatic carbocycles. The van der Waals surface area contributed by atoms with E-state index in [0.717, 1.165) is 13.1 Å². The number of nitrogens with two attached hydrogens (primary N) is 1. The predicted octanol–water partition coefficient (Wildman–Crippen LogP) is 1.65. The third-order valence-electron chi connectivity index (χ3n) is 3.25. The van der Waals surface area contributed by atoms with E-state index in [1.54, 1.807) is 19.4 Å². The maximum atomic E-state index is 6.02. The molecule has 20 heavy (non-hydrogen) atoms. The van der Waals surface area contributed by atoms with Crippen molar-refractivity contribution >= 4 is 29.9 Å². The van der Waals surface area contributed by atoms with Gasteiger partial charge in [0.1, 0.15) is 6.54 Å². The molecule has 2 heterocycles. The number of rotatable bonds is 3. The lowest BCUT2D eigenvalue weighted by Crippen LogP contribution is -2.43. The monoisotopic (exact) mass is 391 g/mol.